The van der Waals surface area contributed by atoms with E-state index < -0.39 is 11.6 Å². The van der Waals surface area contributed by atoms with E-state index in [0.717, 1.165) is 11.8 Å². The van der Waals surface area contributed by atoms with Crippen LogP contribution in [0.5, 0.6) is 0 Å². The van der Waals surface area contributed by atoms with Crippen LogP contribution in [0.3, 0.4) is 0 Å². The molecule has 90 valence electrons. The summed E-state index contributed by atoms with van der Waals surface area (Å²) in [6, 6.07) is 12.3. The van der Waals surface area contributed by atoms with Gasteiger partial charge < -0.3 is 5.32 Å². The first-order valence-corrected chi connectivity index (χ1v) is 5.37. The molecule has 2 aromatic rings. The second kappa shape index (κ2) is 5.28. The monoisotopic (exact) mass is 244 g/mol. The third kappa shape index (κ3) is 2.83. The molecule has 0 spiro atoms. The summed E-state index contributed by atoms with van der Waals surface area (Å²) in [6.07, 6.45) is 0. The molecule has 4 heteroatoms. The summed E-state index contributed by atoms with van der Waals surface area (Å²) < 4.78 is 26.1. The number of anilines is 1. The number of rotatable bonds is 3. The Morgan fingerprint density at radius 1 is 1.06 bits per heavy atom. The molecule has 0 saturated carbocycles. The Morgan fingerprint density at radius 2 is 1.78 bits per heavy atom. The molecule has 0 fully saturated rings. The highest BCUT2D eigenvalue weighted by molar-refractivity contribution is 5.47. The maximum absolute atomic E-state index is 13.3. The zero-order valence-electron chi connectivity index (χ0n) is 9.45. The SMILES string of the molecule is N#Cc1ccc(NCc2ccc(F)cc2F)cc1. The van der Waals surface area contributed by atoms with Crippen molar-refractivity contribution in [2.24, 2.45) is 0 Å². The summed E-state index contributed by atoms with van der Waals surface area (Å²) in [4.78, 5) is 0. The number of hydrogen-bond donors (Lipinski definition) is 1. The molecule has 2 nitrogen and oxygen atoms in total. The highest BCUT2D eigenvalue weighted by Gasteiger charge is 2.03. The van der Waals surface area contributed by atoms with E-state index in [1.54, 1.807) is 24.3 Å². The van der Waals surface area contributed by atoms with Crippen LogP contribution >= 0.6 is 0 Å². The van der Waals surface area contributed by atoms with Crippen LogP contribution in [-0.2, 0) is 6.54 Å². The smallest absolute Gasteiger partial charge is 0.131 e. The molecular formula is C14H10F2N2. The zero-order chi connectivity index (χ0) is 13.0. The average molecular weight is 244 g/mol. The molecule has 0 aliphatic rings. The van der Waals surface area contributed by atoms with Gasteiger partial charge in [0.25, 0.3) is 0 Å². The van der Waals surface area contributed by atoms with Crippen LogP contribution in [0, 0.1) is 23.0 Å². The molecule has 18 heavy (non-hydrogen) atoms. The van der Waals surface area contributed by atoms with Gasteiger partial charge in [-0.25, -0.2) is 8.78 Å². The summed E-state index contributed by atoms with van der Waals surface area (Å²) in [5.74, 6) is -1.16. The van der Waals surface area contributed by atoms with Gasteiger partial charge in [-0.1, -0.05) is 6.07 Å². The van der Waals surface area contributed by atoms with Crippen molar-refractivity contribution in [2.75, 3.05) is 5.32 Å². The van der Waals surface area contributed by atoms with Crippen LogP contribution in [0.4, 0.5) is 14.5 Å². The third-order valence-corrected chi connectivity index (χ3v) is 2.51. The zero-order valence-corrected chi connectivity index (χ0v) is 9.45. The largest absolute Gasteiger partial charge is 0.381 e. The van der Waals surface area contributed by atoms with Gasteiger partial charge in [0.05, 0.1) is 11.6 Å². The number of halogens is 2. The maximum Gasteiger partial charge on any atom is 0.131 e. The van der Waals surface area contributed by atoms with Crippen molar-refractivity contribution in [3.63, 3.8) is 0 Å². The summed E-state index contributed by atoms with van der Waals surface area (Å²) >= 11 is 0. The lowest BCUT2D eigenvalue weighted by Gasteiger charge is -2.07. The first-order chi connectivity index (χ1) is 8.69. The van der Waals surface area contributed by atoms with Crippen molar-refractivity contribution < 1.29 is 8.78 Å². The lowest BCUT2D eigenvalue weighted by molar-refractivity contribution is 0.574. The van der Waals surface area contributed by atoms with E-state index in [1.165, 1.54) is 12.1 Å². The topological polar surface area (TPSA) is 35.8 Å². The van der Waals surface area contributed by atoms with Crippen LogP contribution in [0.25, 0.3) is 0 Å². The number of benzene rings is 2. The highest BCUT2D eigenvalue weighted by Crippen LogP contribution is 2.13. The van der Waals surface area contributed by atoms with Gasteiger partial charge in [0, 0.05) is 23.9 Å². The predicted molar refractivity (Wildman–Crippen MR) is 64.8 cm³/mol. The van der Waals surface area contributed by atoms with Crippen molar-refractivity contribution in [3.05, 3.63) is 65.2 Å². The van der Waals surface area contributed by atoms with Gasteiger partial charge in [-0.2, -0.15) is 5.26 Å². The molecule has 0 aliphatic heterocycles. The van der Waals surface area contributed by atoms with E-state index in [4.69, 9.17) is 5.26 Å². The number of nitrogens with zero attached hydrogens (tertiary/aromatic N) is 1. The number of hydrogen-bond acceptors (Lipinski definition) is 2. The number of nitriles is 1. The van der Waals surface area contributed by atoms with Gasteiger partial charge in [0.1, 0.15) is 11.6 Å². The Hall–Kier alpha value is -2.41. The molecule has 0 heterocycles. The number of nitrogens with one attached hydrogen (secondary N) is 1. The van der Waals surface area contributed by atoms with Crippen molar-refractivity contribution in [1.82, 2.24) is 0 Å². The fraction of sp³-hybridized carbons (Fsp3) is 0.0714. The predicted octanol–water partition coefficient (Wildman–Crippen LogP) is 3.45. The van der Waals surface area contributed by atoms with Gasteiger partial charge in [-0.15, -0.1) is 0 Å². The summed E-state index contributed by atoms with van der Waals surface area (Å²) in [5.41, 5.74) is 1.73. The Balaban J connectivity index is 2.04. The Labute approximate surface area is 103 Å². The van der Waals surface area contributed by atoms with Gasteiger partial charge in [-0.05, 0) is 30.3 Å². The van der Waals surface area contributed by atoms with Crippen LogP contribution in [0.15, 0.2) is 42.5 Å². The first-order valence-electron chi connectivity index (χ1n) is 5.37. The van der Waals surface area contributed by atoms with Gasteiger partial charge in [0.2, 0.25) is 0 Å². The van der Waals surface area contributed by atoms with E-state index in [9.17, 15) is 8.78 Å². The molecule has 0 aromatic heterocycles. The third-order valence-electron chi connectivity index (χ3n) is 2.51. The quantitative estimate of drug-likeness (QED) is 0.897. The van der Waals surface area contributed by atoms with Crippen LogP contribution in [0.1, 0.15) is 11.1 Å². The van der Waals surface area contributed by atoms with Crippen LogP contribution in [0.2, 0.25) is 0 Å². The van der Waals surface area contributed by atoms with Crippen LogP contribution < -0.4 is 5.32 Å². The van der Waals surface area contributed by atoms with E-state index in [0.29, 0.717) is 11.1 Å². The Kier molecular flexibility index (Phi) is 3.54. The highest BCUT2D eigenvalue weighted by atomic mass is 19.1. The normalized spacial score (nSPS) is 9.83. The molecule has 0 bridgehead atoms. The molecule has 0 saturated heterocycles. The van der Waals surface area contributed by atoms with Crippen molar-refractivity contribution in [3.8, 4) is 6.07 Å². The van der Waals surface area contributed by atoms with Crippen LogP contribution in [-0.4, -0.2) is 0 Å². The molecule has 0 unspecified atom stereocenters. The fourth-order valence-corrected chi connectivity index (χ4v) is 1.52. The molecule has 0 amide bonds. The molecule has 2 aromatic carbocycles. The Morgan fingerprint density at radius 3 is 2.39 bits per heavy atom. The first kappa shape index (κ1) is 12.1. The summed E-state index contributed by atoms with van der Waals surface area (Å²) in [6.45, 7) is 0.262. The lowest BCUT2D eigenvalue weighted by Crippen LogP contribution is -2.02. The second-order valence-corrected chi connectivity index (χ2v) is 3.78. The van der Waals surface area contributed by atoms with Gasteiger partial charge >= 0.3 is 0 Å². The second-order valence-electron chi connectivity index (χ2n) is 3.78. The minimum atomic E-state index is -0.588. The molecular weight excluding hydrogens is 234 g/mol. The standard InChI is InChI=1S/C14H10F2N2/c15-12-4-3-11(14(16)7-12)9-18-13-5-1-10(8-17)2-6-13/h1-7,18H,9H2. The van der Waals surface area contributed by atoms with E-state index in [-0.39, 0.29) is 6.54 Å². The molecule has 1 N–H and O–H groups in total. The van der Waals surface area contributed by atoms with Gasteiger partial charge in [-0.3, -0.25) is 0 Å². The van der Waals surface area contributed by atoms with Crippen molar-refractivity contribution in [1.29, 1.82) is 5.26 Å². The average Bonchev–Trinajstić information content (AvgIpc) is 2.38. The minimum Gasteiger partial charge on any atom is -0.381 e. The lowest BCUT2D eigenvalue weighted by atomic mass is 10.2. The van der Waals surface area contributed by atoms with E-state index in [2.05, 4.69) is 5.32 Å². The molecule has 0 aliphatic carbocycles. The molecule has 0 atom stereocenters. The van der Waals surface area contributed by atoms with E-state index >= 15 is 0 Å². The minimum absolute atomic E-state index is 0.262. The fourth-order valence-electron chi connectivity index (χ4n) is 1.52. The van der Waals surface area contributed by atoms with Gasteiger partial charge in [0.15, 0.2) is 0 Å². The molecule has 2 rings (SSSR count). The van der Waals surface area contributed by atoms with E-state index in [1.807, 2.05) is 6.07 Å². The maximum atomic E-state index is 13.3. The van der Waals surface area contributed by atoms with Crippen molar-refractivity contribution in [2.45, 2.75) is 6.54 Å². The summed E-state index contributed by atoms with van der Waals surface area (Å²) in [5, 5.41) is 11.6. The van der Waals surface area contributed by atoms with Crippen molar-refractivity contribution >= 4 is 5.69 Å². The summed E-state index contributed by atoms with van der Waals surface area (Å²) in [7, 11) is 0. The molecule has 0 radical (unpaired) electrons. The Bertz CT molecular complexity index is 586.